The zero-order valence-electron chi connectivity index (χ0n) is 10.8. The summed E-state index contributed by atoms with van der Waals surface area (Å²) in [6.45, 7) is 6.37. The monoisotopic (exact) mass is 235 g/mol. The first-order chi connectivity index (χ1) is 8.04. The van der Waals surface area contributed by atoms with E-state index in [0.29, 0.717) is 11.9 Å². The molecule has 4 nitrogen and oxygen atoms in total. The van der Waals surface area contributed by atoms with Gasteiger partial charge in [0, 0.05) is 11.4 Å². The minimum Gasteiger partial charge on any atom is -0.394 e. The molecule has 1 fully saturated rings. The molecule has 17 heavy (non-hydrogen) atoms. The minimum absolute atomic E-state index is 0.154. The summed E-state index contributed by atoms with van der Waals surface area (Å²) in [5.41, 5.74) is 1.84. The second-order valence-electron chi connectivity index (χ2n) is 5.33. The normalized spacial score (nSPS) is 17.9. The number of rotatable bonds is 4. The Kier molecular flexibility index (Phi) is 3.33. The van der Waals surface area contributed by atoms with Crippen LogP contribution in [0.4, 0.5) is 5.95 Å². The molecule has 0 radical (unpaired) electrons. The lowest BCUT2D eigenvalue weighted by molar-refractivity contribution is 0.143. The highest BCUT2D eigenvalue weighted by atomic mass is 16.3. The molecule has 1 saturated carbocycles. The van der Waals surface area contributed by atoms with Crippen molar-refractivity contribution in [1.29, 1.82) is 0 Å². The Hall–Kier alpha value is -1.16. The molecule has 1 aromatic rings. The van der Waals surface area contributed by atoms with Crippen LogP contribution in [0, 0.1) is 6.92 Å². The van der Waals surface area contributed by atoms with Crippen LogP contribution >= 0.6 is 0 Å². The smallest absolute Gasteiger partial charge is 0.223 e. The molecule has 94 valence electrons. The molecule has 1 heterocycles. The summed E-state index contributed by atoms with van der Waals surface area (Å²) in [4.78, 5) is 8.91. The maximum absolute atomic E-state index is 9.43. The quantitative estimate of drug-likeness (QED) is 0.840. The van der Waals surface area contributed by atoms with Crippen LogP contribution in [0.25, 0.3) is 0 Å². The summed E-state index contributed by atoms with van der Waals surface area (Å²) in [5, 5.41) is 12.7. The van der Waals surface area contributed by atoms with E-state index in [-0.39, 0.29) is 12.1 Å². The molecule has 0 saturated heterocycles. The van der Waals surface area contributed by atoms with Gasteiger partial charge in [0.1, 0.15) is 0 Å². The van der Waals surface area contributed by atoms with Crippen LogP contribution in [0.2, 0.25) is 0 Å². The van der Waals surface area contributed by atoms with Gasteiger partial charge in [-0.2, -0.15) is 0 Å². The molecule has 0 atom stereocenters. The molecule has 1 aromatic heterocycles. The number of anilines is 1. The Morgan fingerprint density at radius 1 is 1.41 bits per heavy atom. The van der Waals surface area contributed by atoms with Crippen molar-refractivity contribution in [2.45, 2.75) is 51.5 Å². The fourth-order valence-corrected chi connectivity index (χ4v) is 2.11. The number of nitrogens with one attached hydrogen (secondary N) is 1. The van der Waals surface area contributed by atoms with E-state index >= 15 is 0 Å². The van der Waals surface area contributed by atoms with Crippen LogP contribution in [-0.2, 0) is 0 Å². The summed E-state index contributed by atoms with van der Waals surface area (Å²) in [7, 11) is 0. The molecule has 0 unspecified atom stereocenters. The van der Waals surface area contributed by atoms with Gasteiger partial charge in [0.2, 0.25) is 5.95 Å². The summed E-state index contributed by atoms with van der Waals surface area (Å²) >= 11 is 0. The van der Waals surface area contributed by atoms with Crippen LogP contribution in [0.5, 0.6) is 0 Å². The minimum atomic E-state index is -0.179. The van der Waals surface area contributed by atoms with Crippen molar-refractivity contribution in [3.63, 3.8) is 0 Å². The number of aryl methyl sites for hydroxylation is 1. The van der Waals surface area contributed by atoms with Crippen molar-refractivity contribution in [3.8, 4) is 0 Å². The van der Waals surface area contributed by atoms with Crippen molar-refractivity contribution in [2.75, 3.05) is 11.9 Å². The van der Waals surface area contributed by atoms with Crippen LogP contribution in [0.1, 0.15) is 50.4 Å². The van der Waals surface area contributed by atoms with E-state index in [0.717, 1.165) is 30.7 Å². The number of hydrogen-bond donors (Lipinski definition) is 2. The van der Waals surface area contributed by atoms with Gasteiger partial charge < -0.3 is 10.4 Å². The molecular formula is C13H21N3O. The Labute approximate surface area is 102 Å². The van der Waals surface area contributed by atoms with Gasteiger partial charge in [0.05, 0.1) is 12.1 Å². The molecule has 4 heteroatoms. The Balaban J connectivity index is 2.20. The SMILES string of the molecule is Cc1cc(C(C)C)nc(NC2(CO)CCC2)n1. The topological polar surface area (TPSA) is 58.0 Å². The lowest BCUT2D eigenvalue weighted by Crippen LogP contribution is -2.48. The lowest BCUT2D eigenvalue weighted by Gasteiger charge is -2.41. The van der Waals surface area contributed by atoms with E-state index < -0.39 is 0 Å². The van der Waals surface area contributed by atoms with E-state index in [1.807, 2.05) is 13.0 Å². The second-order valence-corrected chi connectivity index (χ2v) is 5.33. The summed E-state index contributed by atoms with van der Waals surface area (Å²) < 4.78 is 0. The molecule has 0 amide bonds. The number of nitrogens with zero attached hydrogens (tertiary/aromatic N) is 2. The van der Waals surface area contributed by atoms with Gasteiger partial charge in [0.15, 0.2) is 0 Å². The van der Waals surface area contributed by atoms with E-state index in [1.54, 1.807) is 0 Å². The van der Waals surface area contributed by atoms with Crippen molar-refractivity contribution in [1.82, 2.24) is 9.97 Å². The number of hydrogen-bond acceptors (Lipinski definition) is 4. The first-order valence-corrected chi connectivity index (χ1v) is 6.29. The van der Waals surface area contributed by atoms with Gasteiger partial charge in [0.25, 0.3) is 0 Å². The Morgan fingerprint density at radius 2 is 2.12 bits per heavy atom. The maximum Gasteiger partial charge on any atom is 0.223 e. The van der Waals surface area contributed by atoms with Crippen molar-refractivity contribution in [3.05, 3.63) is 17.5 Å². The van der Waals surface area contributed by atoms with Gasteiger partial charge in [-0.05, 0) is 38.2 Å². The third-order valence-corrected chi connectivity index (χ3v) is 3.46. The zero-order chi connectivity index (χ0) is 12.5. The van der Waals surface area contributed by atoms with E-state index in [9.17, 15) is 5.11 Å². The highest BCUT2D eigenvalue weighted by Crippen LogP contribution is 2.34. The van der Waals surface area contributed by atoms with Crippen molar-refractivity contribution in [2.24, 2.45) is 0 Å². The van der Waals surface area contributed by atoms with Gasteiger partial charge in [-0.3, -0.25) is 0 Å². The summed E-state index contributed by atoms with van der Waals surface area (Å²) in [6.07, 6.45) is 3.16. The molecule has 0 aromatic carbocycles. The summed E-state index contributed by atoms with van der Waals surface area (Å²) in [6, 6.07) is 2.02. The molecule has 0 spiro atoms. The zero-order valence-corrected chi connectivity index (χ0v) is 10.8. The predicted molar refractivity (Wildman–Crippen MR) is 68.1 cm³/mol. The van der Waals surface area contributed by atoms with Gasteiger partial charge in [-0.1, -0.05) is 13.8 Å². The first kappa shape index (κ1) is 12.3. The average molecular weight is 235 g/mol. The van der Waals surface area contributed by atoms with Crippen LogP contribution < -0.4 is 5.32 Å². The second kappa shape index (κ2) is 4.61. The summed E-state index contributed by atoms with van der Waals surface area (Å²) in [5.74, 6) is 1.05. The first-order valence-electron chi connectivity index (χ1n) is 6.29. The van der Waals surface area contributed by atoms with Gasteiger partial charge >= 0.3 is 0 Å². The maximum atomic E-state index is 9.43. The lowest BCUT2D eigenvalue weighted by atomic mass is 9.77. The number of aliphatic hydroxyl groups is 1. The molecule has 1 aliphatic rings. The number of aromatic nitrogens is 2. The fourth-order valence-electron chi connectivity index (χ4n) is 2.11. The van der Waals surface area contributed by atoms with Crippen LogP contribution in [0.3, 0.4) is 0 Å². The molecule has 2 rings (SSSR count). The largest absolute Gasteiger partial charge is 0.394 e. The highest BCUT2D eigenvalue weighted by molar-refractivity contribution is 5.34. The fraction of sp³-hybridized carbons (Fsp3) is 0.692. The van der Waals surface area contributed by atoms with Crippen LogP contribution in [-0.4, -0.2) is 27.2 Å². The van der Waals surface area contributed by atoms with Gasteiger partial charge in [-0.15, -0.1) is 0 Å². The molecular weight excluding hydrogens is 214 g/mol. The standard InChI is InChI=1S/C13H21N3O/c1-9(2)11-7-10(3)14-12(15-11)16-13(8-17)5-4-6-13/h7,9,17H,4-6,8H2,1-3H3,(H,14,15,16). The number of aliphatic hydroxyl groups excluding tert-OH is 1. The van der Waals surface area contributed by atoms with E-state index in [2.05, 4.69) is 29.1 Å². The van der Waals surface area contributed by atoms with Crippen LogP contribution in [0.15, 0.2) is 6.07 Å². The Morgan fingerprint density at radius 3 is 2.59 bits per heavy atom. The predicted octanol–water partition coefficient (Wildman–Crippen LogP) is 2.24. The van der Waals surface area contributed by atoms with Crippen molar-refractivity contribution >= 4 is 5.95 Å². The highest BCUT2D eigenvalue weighted by Gasteiger charge is 2.36. The van der Waals surface area contributed by atoms with Crippen molar-refractivity contribution < 1.29 is 5.11 Å². The molecule has 0 bridgehead atoms. The molecule has 0 aliphatic heterocycles. The molecule has 2 N–H and O–H groups in total. The molecule has 1 aliphatic carbocycles. The Bertz CT molecular complexity index is 394. The average Bonchev–Trinajstić information content (AvgIpc) is 2.22. The van der Waals surface area contributed by atoms with E-state index in [1.165, 1.54) is 0 Å². The van der Waals surface area contributed by atoms with E-state index in [4.69, 9.17) is 0 Å². The third kappa shape index (κ3) is 2.57. The third-order valence-electron chi connectivity index (χ3n) is 3.46. The van der Waals surface area contributed by atoms with Gasteiger partial charge in [-0.25, -0.2) is 9.97 Å².